The highest BCUT2D eigenvalue weighted by atomic mass is 19.1. The molecule has 1 rings (SSSR count). The Morgan fingerprint density at radius 2 is 2.33 bits per heavy atom. The van der Waals surface area contributed by atoms with Crippen LogP contribution < -0.4 is 5.73 Å². The zero-order chi connectivity index (χ0) is 8.97. The molecule has 0 saturated heterocycles. The van der Waals surface area contributed by atoms with Gasteiger partial charge in [-0.25, -0.2) is 4.39 Å². The highest BCUT2D eigenvalue weighted by Gasteiger charge is 1.98. The van der Waals surface area contributed by atoms with Gasteiger partial charge < -0.3 is 10.6 Å². The molecule has 0 radical (unpaired) electrons. The van der Waals surface area contributed by atoms with Crippen molar-refractivity contribution < 1.29 is 9.23 Å². The summed E-state index contributed by atoms with van der Waals surface area (Å²) < 4.78 is 12.9. The third kappa shape index (κ3) is 1.95. The number of anilines is 1. The average molecular weight is 168 g/mol. The Labute approximate surface area is 69.6 Å². The Kier molecular flexibility index (Phi) is 2.63. The number of nitrogen functional groups attached to an aromatic ring is 1. The van der Waals surface area contributed by atoms with Crippen LogP contribution in [0.3, 0.4) is 0 Å². The largest absolute Gasteiger partial charge is 0.399 e. The SMILES string of the molecule is CO/N=C/c1ccc(N)cc1F. The summed E-state index contributed by atoms with van der Waals surface area (Å²) in [7, 11) is 1.39. The molecule has 0 atom stereocenters. The lowest BCUT2D eigenvalue weighted by molar-refractivity contribution is 0.215. The van der Waals surface area contributed by atoms with Gasteiger partial charge in [0.1, 0.15) is 12.9 Å². The average Bonchev–Trinajstić information content (AvgIpc) is 2.03. The van der Waals surface area contributed by atoms with Crippen LogP contribution in [0, 0.1) is 5.82 Å². The lowest BCUT2D eigenvalue weighted by Crippen LogP contribution is -1.91. The zero-order valence-electron chi connectivity index (χ0n) is 6.62. The molecular formula is C8H9FN2O. The van der Waals surface area contributed by atoms with E-state index >= 15 is 0 Å². The van der Waals surface area contributed by atoms with Crippen LogP contribution in [0.5, 0.6) is 0 Å². The number of benzene rings is 1. The highest BCUT2D eigenvalue weighted by Crippen LogP contribution is 2.09. The highest BCUT2D eigenvalue weighted by molar-refractivity contribution is 5.80. The molecule has 0 aliphatic rings. The van der Waals surface area contributed by atoms with Crippen LogP contribution >= 0.6 is 0 Å². The zero-order valence-corrected chi connectivity index (χ0v) is 6.62. The van der Waals surface area contributed by atoms with Gasteiger partial charge in [-0.2, -0.15) is 0 Å². The van der Waals surface area contributed by atoms with E-state index in [-0.39, 0.29) is 0 Å². The quantitative estimate of drug-likeness (QED) is 0.412. The van der Waals surface area contributed by atoms with Gasteiger partial charge in [0.15, 0.2) is 0 Å². The summed E-state index contributed by atoms with van der Waals surface area (Å²) in [5.74, 6) is -0.407. The number of nitrogens with zero attached hydrogens (tertiary/aromatic N) is 1. The molecule has 3 nitrogen and oxygen atoms in total. The fraction of sp³-hybridized carbons (Fsp3) is 0.125. The second-order valence-electron chi connectivity index (χ2n) is 2.20. The summed E-state index contributed by atoms with van der Waals surface area (Å²) in [6.45, 7) is 0. The number of rotatable bonds is 2. The van der Waals surface area contributed by atoms with Gasteiger partial charge in [0.2, 0.25) is 0 Å². The fourth-order valence-corrected chi connectivity index (χ4v) is 0.758. The van der Waals surface area contributed by atoms with Crippen LogP contribution in [0.2, 0.25) is 0 Å². The molecule has 0 heterocycles. The molecular weight excluding hydrogens is 159 g/mol. The van der Waals surface area contributed by atoms with E-state index in [1.54, 1.807) is 6.07 Å². The molecule has 12 heavy (non-hydrogen) atoms. The lowest BCUT2D eigenvalue weighted by Gasteiger charge is -1.96. The van der Waals surface area contributed by atoms with E-state index < -0.39 is 5.82 Å². The molecule has 0 aromatic heterocycles. The van der Waals surface area contributed by atoms with Crippen molar-refractivity contribution in [2.45, 2.75) is 0 Å². The van der Waals surface area contributed by atoms with Crippen molar-refractivity contribution in [2.24, 2.45) is 5.16 Å². The third-order valence-electron chi connectivity index (χ3n) is 1.32. The van der Waals surface area contributed by atoms with Crippen molar-refractivity contribution in [1.29, 1.82) is 0 Å². The molecule has 0 amide bonds. The Balaban J connectivity index is 2.94. The van der Waals surface area contributed by atoms with Crippen molar-refractivity contribution in [3.8, 4) is 0 Å². The van der Waals surface area contributed by atoms with E-state index in [0.717, 1.165) is 0 Å². The molecule has 2 N–H and O–H groups in total. The molecule has 64 valence electrons. The molecule has 4 heteroatoms. The van der Waals surface area contributed by atoms with E-state index in [2.05, 4.69) is 9.99 Å². The van der Waals surface area contributed by atoms with Crippen molar-refractivity contribution in [2.75, 3.05) is 12.8 Å². The van der Waals surface area contributed by atoms with E-state index in [0.29, 0.717) is 11.3 Å². The second-order valence-corrected chi connectivity index (χ2v) is 2.20. The number of oxime groups is 1. The summed E-state index contributed by atoms with van der Waals surface area (Å²) in [6.07, 6.45) is 1.29. The summed E-state index contributed by atoms with van der Waals surface area (Å²) >= 11 is 0. The standard InChI is InChI=1S/C8H9FN2O/c1-12-11-5-6-2-3-7(10)4-8(6)9/h2-5H,10H2,1H3/b11-5+. The van der Waals surface area contributed by atoms with Gasteiger partial charge in [0.05, 0.1) is 6.21 Å². The summed E-state index contributed by atoms with van der Waals surface area (Å²) in [4.78, 5) is 4.40. The number of halogens is 1. The maximum absolute atomic E-state index is 12.9. The van der Waals surface area contributed by atoms with Gasteiger partial charge in [0, 0.05) is 11.3 Å². The van der Waals surface area contributed by atoms with Crippen molar-refractivity contribution in [1.82, 2.24) is 0 Å². The molecule has 0 bridgehead atoms. The first-order valence-corrected chi connectivity index (χ1v) is 3.35. The monoisotopic (exact) mass is 168 g/mol. The molecule has 0 fully saturated rings. The van der Waals surface area contributed by atoms with Gasteiger partial charge in [-0.05, 0) is 18.2 Å². The lowest BCUT2D eigenvalue weighted by atomic mass is 10.2. The first kappa shape index (κ1) is 8.52. The van der Waals surface area contributed by atoms with Crippen LogP contribution in [0.1, 0.15) is 5.56 Å². The maximum atomic E-state index is 12.9. The van der Waals surface area contributed by atoms with Crippen molar-refractivity contribution >= 4 is 11.9 Å². The molecule has 0 unspecified atom stereocenters. The van der Waals surface area contributed by atoms with Crippen LogP contribution in [0.4, 0.5) is 10.1 Å². The van der Waals surface area contributed by atoms with Gasteiger partial charge in [-0.3, -0.25) is 0 Å². The molecule has 1 aromatic carbocycles. The van der Waals surface area contributed by atoms with Gasteiger partial charge in [0.25, 0.3) is 0 Å². The minimum atomic E-state index is -0.407. The van der Waals surface area contributed by atoms with Gasteiger partial charge >= 0.3 is 0 Å². The van der Waals surface area contributed by atoms with Gasteiger partial charge in [-0.1, -0.05) is 5.16 Å². The van der Waals surface area contributed by atoms with Crippen molar-refractivity contribution in [3.05, 3.63) is 29.6 Å². The van der Waals surface area contributed by atoms with Crippen LogP contribution in [-0.2, 0) is 4.84 Å². The molecule has 0 aliphatic heterocycles. The minimum Gasteiger partial charge on any atom is -0.399 e. The van der Waals surface area contributed by atoms with E-state index in [1.165, 1.54) is 25.5 Å². The number of hydrogen-bond donors (Lipinski definition) is 1. The first-order valence-electron chi connectivity index (χ1n) is 3.35. The van der Waals surface area contributed by atoms with Crippen LogP contribution in [0.15, 0.2) is 23.4 Å². The number of nitrogens with two attached hydrogens (primary N) is 1. The van der Waals surface area contributed by atoms with E-state index in [4.69, 9.17) is 5.73 Å². The molecule has 1 aromatic rings. The van der Waals surface area contributed by atoms with E-state index in [1.807, 2.05) is 0 Å². The fourth-order valence-electron chi connectivity index (χ4n) is 0.758. The van der Waals surface area contributed by atoms with Crippen molar-refractivity contribution in [3.63, 3.8) is 0 Å². The topological polar surface area (TPSA) is 47.6 Å². The summed E-state index contributed by atoms with van der Waals surface area (Å²) in [5, 5.41) is 3.43. The first-order chi connectivity index (χ1) is 5.74. The predicted molar refractivity (Wildman–Crippen MR) is 45.4 cm³/mol. The Morgan fingerprint density at radius 1 is 1.58 bits per heavy atom. The Hall–Kier alpha value is -1.58. The summed E-state index contributed by atoms with van der Waals surface area (Å²) in [6, 6.07) is 4.37. The normalized spacial score (nSPS) is 10.5. The third-order valence-corrected chi connectivity index (χ3v) is 1.32. The van der Waals surface area contributed by atoms with Crippen LogP contribution in [-0.4, -0.2) is 13.3 Å². The molecule has 0 spiro atoms. The Morgan fingerprint density at radius 3 is 2.92 bits per heavy atom. The summed E-state index contributed by atoms with van der Waals surface area (Å²) in [5.41, 5.74) is 6.08. The molecule has 0 saturated carbocycles. The second kappa shape index (κ2) is 3.71. The minimum absolute atomic E-state index is 0.353. The maximum Gasteiger partial charge on any atom is 0.134 e. The van der Waals surface area contributed by atoms with Crippen LogP contribution in [0.25, 0.3) is 0 Å². The van der Waals surface area contributed by atoms with Gasteiger partial charge in [-0.15, -0.1) is 0 Å². The smallest absolute Gasteiger partial charge is 0.134 e. The number of hydrogen-bond acceptors (Lipinski definition) is 3. The molecule has 0 aliphatic carbocycles. The predicted octanol–water partition coefficient (Wildman–Crippen LogP) is 1.39. The van der Waals surface area contributed by atoms with E-state index in [9.17, 15) is 4.39 Å². The Bertz CT molecular complexity index is 299.